The maximum Gasteiger partial charge on any atom is 0.256 e. The fourth-order valence-electron chi connectivity index (χ4n) is 1.15. The Morgan fingerprint density at radius 3 is 2.69 bits per heavy atom. The van der Waals surface area contributed by atoms with Crippen LogP contribution in [0.2, 0.25) is 0 Å². The van der Waals surface area contributed by atoms with Crippen LogP contribution in [0.4, 0.5) is 8.78 Å². The molecule has 0 amide bonds. The van der Waals surface area contributed by atoms with Gasteiger partial charge in [-0.15, -0.1) is 0 Å². The summed E-state index contributed by atoms with van der Waals surface area (Å²) in [4.78, 5) is 3.79. The number of rotatable bonds is 3. The molecule has 0 spiro atoms. The Balaban J connectivity index is 2.90. The molecule has 1 heterocycles. The van der Waals surface area contributed by atoms with Crippen molar-refractivity contribution in [1.29, 1.82) is 0 Å². The van der Waals surface area contributed by atoms with Gasteiger partial charge >= 0.3 is 0 Å². The van der Waals surface area contributed by atoms with Crippen molar-refractivity contribution in [2.45, 2.75) is 32.4 Å². The van der Waals surface area contributed by atoms with Crippen LogP contribution >= 0.6 is 0 Å². The molecule has 0 saturated carbocycles. The van der Waals surface area contributed by atoms with Crippen LogP contribution in [-0.2, 0) is 12.1 Å². The molecule has 0 aliphatic carbocycles. The van der Waals surface area contributed by atoms with Crippen LogP contribution in [0.5, 0.6) is 0 Å². The van der Waals surface area contributed by atoms with Crippen molar-refractivity contribution in [1.82, 2.24) is 9.55 Å². The number of alkyl halides is 2. The van der Waals surface area contributed by atoms with Crippen molar-refractivity contribution in [3.63, 3.8) is 0 Å². The van der Waals surface area contributed by atoms with Gasteiger partial charge in [-0.3, -0.25) is 0 Å². The molecule has 0 saturated heterocycles. The lowest BCUT2D eigenvalue weighted by Gasteiger charge is -2.20. The molecule has 0 radical (unpaired) electrons. The first-order chi connectivity index (χ1) is 5.91. The van der Waals surface area contributed by atoms with Gasteiger partial charge in [0.25, 0.3) is 6.43 Å². The number of nitrogens with zero attached hydrogens (tertiary/aromatic N) is 2. The summed E-state index contributed by atoms with van der Waals surface area (Å²) < 4.78 is 25.5. The van der Waals surface area contributed by atoms with Crippen molar-refractivity contribution in [2.24, 2.45) is 5.73 Å². The lowest BCUT2D eigenvalue weighted by molar-refractivity contribution is 0.124. The van der Waals surface area contributed by atoms with E-state index in [0.29, 0.717) is 5.69 Å². The molecule has 2 N–H and O–H groups in total. The highest BCUT2D eigenvalue weighted by Crippen LogP contribution is 2.16. The number of nitrogens with two attached hydrogens (primary N) is 1. The topological polar surface area (TPSA) is 43.8 Å². The maximum atomic E-state index is 12.1. The minimum absolute atomic E-state index is 0.351. The SMILES string of the molecule is CC(C)(N)c1cncn1CC(F)F. The van der Waals surface area contributed by atoms with Crippen LogP contribution in [0, 0.1) is 0 Å². The molecule has 3 nitrogen and oxygen atoms in total. The molecule has 0 aromatic carbocycles. The zero-order valence-corrected chi connectivity index (χ0v) is 7.67. The first-order valence-electron chi connectivity index (χ1n) is 3.99. The van der Waals surface area contributed by atoms with Gasteiger partial charge in [0.05, 0.1) is 24.1 Å². The fourth-order valence-corrected chi connectivity index (χ4v) is 1.15. The predicted octanol–water partition coefficient (Wildman–Crippen LogP) is 1.34. The van der Waals surface area contributed by atoms with E-state index in [1.165, 1.54) is 17.1 Å². The normalized spacial score (nSPS) is 12.5. The zero-order valence-electron chi connectivity index (χ0n) is 7.67. The van der Waals surface area contributed by atoms with Crippen LogP contribution in [0.25, 0.3) is 0 Å². The van der Waals surface area contributed by atoms with E-state index in [2.05, 4.69) is 4.98 Å². The highest BCUT2D eigenvalue weighted by Gasteiger charge is 2.20. The largest absolute Gasteiger partial charge is 0.327 e. The van der Waals surface area contributed by atoms with E-state index >= 15 is 0 Å². The van der Waals surface area contributed by atoms with Crippen molar-refractivity contribution in [3.8, 4) is 0 Å². The Hall–Kier alpha value is -0.970. The molecule has 0 fully saturated rings. The molecule has 1 aromatic rings. The zero-order chi connectivity index (χ0) is 10.1. The number of halogens is 2. The lowest BCUT2D eigenvalue weighted by Crippen LogP contribution is -2.32. The summed E-state index contributed by atoms with van der Waals surface area (Å²) in [5.74, 6) is 0. The summed E-state index contributed by atoms with van der Waals surface area (Å²) in [5, 5.41) is 0. The first kappa shape index (κ1) is 10.1. The van der Waals surface area contributed by atoms with Gasteiger partial charge in [0.15, 0.2) is 0 Å². The first-order valence-corrected chi connectivity index (χ1v) is 3.99. The molecular formula is C8H13F2N3. The summed E-state index contributed by atoms with van der Waals surface area (Å²) in [5.41, 5.74) is 5.76. The maximum absolute atomic E-state index is 12.1. The van der Waals surface area contributed by atoms with Crippen LogP contribution < -0.4 is 5.73 Å². The third kappa shape index (κ3) is 2.48. The Kier molecular flexibility index (Phi) is 2.66. The number of hydrogen-bond acceptors (Lipinski definition) is 2. The Morgan fingerprint density at radius 2 is 2.23 bits per heavy atom. The van der Waals surface area contributed by atoms with Gasteiger partial charge in [0.1, 0.15) is 0 Å². The second-order valence-corrected chi connectivity index (χ2v) is 3.54. The molecule has 0 aliphatic rings. The minimum Gasteiger partial charge on any atom is -0.327 e. The Labute approximate surface area is 75.6 Å². The van der Waals surface area contributed by atoms with E-state index in [4.69, 9.17) is 5.73 Å². The molecule has 0 aliphatic heterocycles. The molecule has 1 rings (SSSR count). The average Bonchev–Trinajstić information content (AvgIpc) is 2.31. The van der Waals surface area contributed by atoms with Gasteiger partial charge in [-0.05, 0) is 13.8 Å². The molecule has 0 bridgehead atoms. The summed E-state index contributed by atoms with van der Waals surface area (Å²) in [6.07, 6.45) is 0.508. The number of hydrogen-bond donors (Lipinski definition) is 1. The molecule has 0 atom stereocenters. The Bertz CT molecular complexity index is 275. The summed E-state index contributed by atoms with van der Waals surface area (Å²) in [6, 6.07) is 0. The molecule has 13 heavy (non-hydrogen) atoms. The van der Waals surface area contributed by atoms with E-state index < -0.39 is 12.0 Å². The van der Waals surface area contributed by atoms with Gasteiger partial charge in [-0.1, -0.05) is 0 Å². The van der Waals surface area contributed by atoms with Gasteiger partial charge in [0, 0.05) is 6.20 Å². The van der Waals surface area contributed by atoms with Gasteiger partial charge < -0.3 is 10.3 Å². The van der Waals surface area contributed by atoms with Gasteiger partial charge in [-0.25, -0.2) is 13.8 Å². The van der Waals surface area contributed by atoms with Gasteiger partial charge in [-0.2, -0.15) is 0 Å². The van der Waals surface area contributed by atoms with E-state index in [0.717, 1.165) is 0 Å². The van der Waals surface area contributed by atoms with E-state index in [9.17, 15) is 8.78 Å². The molecule has 5 heteroatoms. The van der Waals surface area contributed by atoms with Crippen molar-refractivity contribution < 1.29 is 8.78 Å². The van der Waals surface area contributed by atoms with E-state index in [-0.39, 0.29) is 6.54 Å². The highest BCUT2D eigenvalue weighted by atomic mass is 19.3. The number of aromatic nitrogens is 2. The molecule has 74 valence electrons. The van der Waals surface area contributed by atoms with Crippen LogP contribution in [0.1, 0.15) is 19.5 Å². The third-order valence-electron chi connectivity index (χ3n) is 1.71. The van der Waals surface area contributed by atoms with Crippen LogP contribution in [0.15, 0.2) is 12.5 Å². The van der Waals surface area contributed by atoms with Crippen LogP contribution in [-0.4, -0.2) is 16.0 Å². The second kappa shape index (κ2) is 3.41. The van der Waals surface area contributed by atoms with E-state index in [1.54, 1.807) is 13.8 Å². The minimum atomic E-state index is -2.38. The van der Waals surface area contributed by atoms with Gasteiger partial charge in [0.2, 0.25) is 0 Å². The smallest absolute Gasteiger partial charge is 0.256 e. The van der Waals surface area contributed by atoms with Crippen molar-refractivity contribution in [2.75, 3.05) is 0 Å². The Morgan fingerprint density at radius 1 is 1.62 bits per heavy atom. The second-order valence-electron chi connectivity index (χ2n) is 3.54. The average molecular weight is 189 g/mol. The summed E-state index contributed by atoms with van der Waals surface area (Å²) >= 11 is 0. The lowest BCUT2D eigenvalue weighted by atomic mass is 10.0. The quantitative estimate of drug-likeness (QED) is 0.779. The molecule has 0 unspecified atom stereocenters. The predicted molar refractivity (Wildman–Crippen MR) is 45.4 cm³/mol. The molecular weight excluding hydrogens is 176 g/mol. The van der Waals surface area contributed by atoms with Crippen molar-refractivity contribution in [3.05, 3.63) is 18.2 Å². The van der Waals surface area contributed by atoms with E-state index in [1.807, 2.05) is 0 Å². The third-order valence-corrected chi connectivity index (χ3v) is 1.71. The standard InChI is InChI=1S/C8H13F2N3/c1-8(2,11)6-3-12-5-13(6)4-7(9)10/h3,5,7H,4,11H2,1-2H3. The monoisotopic (exact) mass is 189 g/mol. The van der Waals surface area contributed by atoms with Crippen molar-refractivity contribution >= 4 is 0 Å². The summed E-state index contributed by atoms with van der Waals surface area (Å²) in [6.45, 7) is 3.16. The number of imidazole rings is 1. The summed E-state index contributed by atoms with van der Waals surface area (Å²) in [7, 11) is 0. The van der Waals surface area contributed by atoms with Crippen LogP contribution in [0.3, 0.4) is 0 Å². The highest BCUT2D eigenvalue weighted by molar-refractivity contribution is 5.09. The fraction of sp³-hybridized carbons (Fsp3) is 0.625. The molecule has 1 aromatic heterocycles.